The Bertz CT molecular complexity index is 1130. The van der Waals surface area contributed by atoms with E-state index < -0.39 is 0 Å². The highest BCUT2D eigenvalue weighted by atomic mass is 16.5. The second-order valence-electron chi connectivity index (χ2n) is 6.57. The average Bonchev–Trinajstić information content (AvgIpc) is 3.07. The second-order valence-corrected chi connectivity index (χ2v) is 6.57. The summed E-state index contributed by atoms with van der Waals surface area (Å²) in [6, 6.07) is 23.4. The lowest BCUT2D eigenvalue weighted by molar-refractivity contribution is 0.0951. The van der Waals surface area contributed by atoms with E-state index in [-0.39, 0.29) is 5.91 Å². The smallest absolute Gasteiger partial charge is 0.251 e. The molecular weight excluding hydrogens is 350 g/mol. The number of amides is 1. The van der Waals surface area contributed by atoms with Crippen molar-refractivity contribution >= 4 is 16.9 Å². The zero-order valence-corrected chi connectivity index (χ0v) is 15.8. The minimum atomic E-state index is -0.128. The highest BCUT2D eigenvalue weighted by molar-refractivity contribution is 5.97. The highest BCUT2D eigenvalue weighted by Gasteiger charge is 2.12. The summed E-state index contributed by atoms with van der Waals surface area (Å²) < 4.78 is 7.31. The second kappa shape index (κ2) is 7.56. The fourth-order valence-corrected chi connectivity index (χ4v) is 3.31. The number of para-hydroxylation sites is 1. The maximum Gasteiger partial charge on any atom is 0.251 e. The monoisotopic (exact) mass is 371 g/mol. The van der Waals surface area contributed by atoms with Crippen LogP contribution in [0, 0.1) is 6.92 Å². The molecule has 0 saturated carbocycles. The molecule has 140 valence electrons. The lowest BCUT2D eigenvalue weighted by Crippen LogP contribution is -2.22. The standard InChI is InChI=1S/C23H21N3O2/c1-16-25-21-14-18(11-12-22(21)26(16)19-8-4-3-5-9-19)23(27)24-15-17-7-6-10-20(13-17)28-2/h3-14H,15H2,1-2H3,(H,24,27). The number of nitrogens with zero attached hydrogens (tertiary/aromatic N) is 2. The van der Waals surface area contributed by atoms with Crippen molar-refractivity contribution in [2.75, 3.05) is 7.11 Å². The third kappa shape index (κ3) is 3.47. The molecule has 0 spiro atoms. The number of aryl methyl sites for hydroxylation is 1. The van der Waals surface area contributed by atoms with Crippen LogP contribution in [-0.2, 0) is 6.54 Å². The molecule has 1 aromatic heterocycles. The largest absolute Gasteiger partial charge is 0.497 e. The first-order valence-electron chi connectivity index (χ1n) is 9.11. The van der Waals surface area contributed by atoms with E-state index in [2.05, 4.69) is 14.9 Å². The van der Waals surface area contributed by atoms with Gasteiger partial charge in [-0.05, 0) is 55.0 Å². The molecule has 0 aliphatic heterocycles. The Hall–Kier alpha value is -3.60. The summed E-state index contributed by atoms with van der Waals surface area (Å²) in [6.45, 7) is 2.40. The molecule has 0 fully saturated rings. The number of carbonyl (C=O) groups excluding carboxylic acids is 1. The van der Waals surface area contributed by atoms with Crippen LogP contribution < -0.4 is 10.1 Å². The molecule has 0 unspecified atom stereocenters. The van der Waals surface area contributed by atoms with Crippen molar-refractivity contribution in [2.24, 2.45) is 0 Å². The molecule has 5 heteroatoms. The van der Waals surface area contributed by atoms with Crippen molar-refractivity contribution in [3.63, 3.8) is 0 Å². The number of carbonyl (C=O) groups is 1. The summed E-state index contributed by atoms with van der Waals surface area (Å²) >= 11 is 0. The van der Waals surface area contributed by atoms with E-state index >= 15 is 0 Å². The van der Waals surface area contributed by atoms with Gasteiger partial charge < -0.3 is 10.1 Å². The van der Waals surface area contributed by atoms with Gasteiger partial charge in [-0.3, -0.25) is 9.36 Å². The van der Waals surface area contributed by atoms with E-state index in [0.29, 0.717) is 12.1 Å². The van der Waals surface area contributed by atoms with Crippen molar-refractivity contribution < 1.29 is 9.53 Å². The van der Waals surface area contributed by atoms with Gasteiger partial charge in [-0.15, -0.1) is 0 Å². The van der Waals surface area contributed by atoms with Crippen molar-refractivity contribution in [3.8, 4) is 11.4 Å². The SMILES string of the molecule is COc1cccc(CNC(=O)c2ccc3c(c2)nc(C)n3-c2ccccc2)c1. The molecule has 4 aromatic rings. The molecule has 0 aliphatic carbocycles. The summed E-state index contributed by atoms with van der Waals surface area (Å²) in [5.74, 6) is 1.53. The number of imidazole rings is 1. The third-order valence-electron chi connectivity index (χ3n) is 4.69. The van der Waals surface area contributed by atoms with Gasteiger partial charge in [-0.25, -0.2) is 4.98 Å². The van der Waals surface area contributed by atoms with Crippen molar-refractivity contribution in [1.82, 2.24) is 14.9 Å². The number of benzene rings is 3. The molecule has 5 nitrogen and oxygen atoms in total. The number of nitrogens with one attached hydrogen (secondary N) is 1. The predicted octanol–water partition coefficient (Wildman–Crippen LogP) is 4.27. The van der Waals surface area contributed by atoms with E-state index in [1.165, 1.54) is 0 Å². The number of rotatable bonds is 5. The number of fused-ring (bicyclic) bond motifs is 1. The van der Waals surface area contributed by atoms with Gasteiger partial charge in [-0.2, -0.15) is 0 Å². The molecule has 0 bridgehead atoms. The summed E-state index contributed by atoms with van der Waals surface area (Å²) in [5.41, 5.74) is 4.41. The van der Waals surface area contributed by atoms with Crippen LogP contribution in [0.1, 0.15) is 21.7 Å². The van der Waals surface area contributed by atoms with Gasteiger partial charge in [-0.1, -0.05) is 30.3 Å². The Morgan fingerprint density at radius 1 is 1.04 bits per heavy atom. The van der Waals surface area contributed by atoms with Gasteiger partial charge in [0.2, 0.25) is 0 Å². The molecule has 0 saturated heterocycles. The molecule has 4 rings (SSSR count). The van der Waals surface area contributed by atoms with Crippen LogP contribution in [0.4, 0.5) is 0 Å². The first kappa shape index (κ1) is 17.8. The lowest BCUT2D eigenvalue weighted by atomic mass is 10.1. The van der Waals surface area contributed by atoms with Crippen LogP contribution in [0.25, 0.3) is 16.7 Å². The summed E-state index contributed by atoms with van der Waals surface area (Å²) in [5, 5.41) is 2.96. The predicted molar refractivity (Wildman–Crippen MR) is 110 cm³/mol. The number of methoxy groups -OCH3 is 1. The first-order valence-corrected chi connectivity index (χ1v) is 9.11. The van der Waals surface area contributed by atoms with Gasteiger partial charge in [0.25, 0.3) is 5.91 Å². The normalized spacial score (nSPS) is 10.8. The molecule has 0 aliphatic rings. The molecule has 1 heterocycles. The van der Waals surface area contributed by atoms with Crippen LogP contribution in [-0.4, -0.2) is 22.6 Å². The summed E-state index contributed by atoms with van der Waals surface area (Å²) in [6.07, 6.45) is 0. The molecule has 1 N–H and O–H groups in total. The van der Waals surface area contributed by atoms with E-state index in [1.807, 2.05) is 79.7 Å². The Kier molecular flexibility index (Phi) is 4.81. The quantitative estimate of drug-likeness (QED) is 0.570. The van der Waals surface area contributed by atoms with E-state index in [9.17, 15) is 4.79 Å². The van der Waals surface area contributed by atoms with Crippen LogP contribution in [0.5, 0.6) is 5.75 Å². The number of ether oxygens (including phenoxy) is 1. The number of hydrogen-bond acceptors (Lipinski definition) is 3. The van der Waals surface area contributed by atoms with E-state index in [1.54, 1.807) is 7.11 Å². The lowest BCUT2D eigenvalue weighted by Gasteiger charge is -2.08. The maximum atomic E-state index is 12.6. The molecule has 28 heavy (non-hydrogen) atoms. The van der Waals surface area contributed by atoms with Crippen molar-refractivity contribution in [1.29, 1.82) is 0 Å². The number of aromatic nitrogens is 2. The minimum absolute atomic E-state index is 0.128. The van der Waals surface area contributed by atoms with Crippen LogP contribution in [0.15, 0.2) is 72.8 Å². The molecule has 0 atom stereocenters. The molecule has 0 radical (unpaired) electrons. The first-order chi connectivity index (χ1) is 13.7. The Morgan fingerprint density at radius 3 is 2.64 bits per heavy atom. The van der Waals surface area contributed by atoms with Crippen LogP contribution in [0.2, 0.25) is 0 Å². The van der Waals surface area contributed by atoms with Crippen molar-refractivity contribution in [3.05, 3.63) is 89.7 Å². The molecule has 1 amide bonds. The van der Waals surface area contributed by atoms with Gasteiger partial charge >= 0.3 is 0 Å². The van der Waals surface area contributed by atoms with Gasteiger partial charge in [0, 0.05) is 17.8 Å². The van der Waals surface area contributed by atoms with Gasteiger partial charge in [0.1, 0.15) is 11.6 Å². The highest BCUT2D eigenvalue weighted by Crippen LogP contribution is 2.22. The van der Waals surface area contributed by atoms with Crippen molar-refractivity contribution in [2.45, 2.75) is 13.5 Å². The van der Waals surface area contributed by atoms with Gasteiger partial charge in [0.15, 0.2) is 0 Å². The third-order valence-corrected chi connectivity index (χ3v) is 4.69. The Labute approximate surface area is 163 Å². The number of hydrogen-bond donors (Lipinski definition) is 1. The Morgan fingerprint density at radius 2 is 1.86 bits per heavy atom. The van der Waals surface area contributed by atoms with E-state index in [0.717, 1.165) is 33.9 Å². The summed E-state index contributed by atoms with van der Waals surface area (Å²) in [7, 11) is 1.63. The average molecular weight is 371 g/mol. The topological polar surface area (TPSA) is 56.1 Å². The van der Waals surface area contributed by atoms with Crippen LogP contribution in [0.3, 0.4) is 0 Å². The summed E-state index contributed by atoms with van der Waals surface area (Å²) in [4.78, 5) is 17.2. The fraction of sp³-hybridized carbons (Fsp3) is 0.130. The minimum Gasteiger partial charge on any atom is -0.497 e. The van der Waals surface area contributed by atoms with Crippen LogP contribution >= 0.6 is 0 Å². The van der Waals surface area contributed by atoms with E-state index in [4.69, 9.17) is 4.74 Å². The zero-order valence-electron chi connectivity index (χ0n) is 15.8. The Balaban J connectivity index is 1.57. The molecule has 3 aromatic carbocycles. The molecular formula is C23H21N3O2. The maximum absolute atomic E-state index is 12.6. The zero-order chi connectivity index (χ0) is 19.5. The fourth-order valence-electron chi connectivity index (χ4n) is 3.31. The van der Waals surface area contributed by atoms with Gasteiger partial charge in [0.05, 0.1) is 18.1 Å².